The first-order valence-corrected chi connectivity index (χ1v) is 6.56. The summed E-state index contributed by atoms with van der Waals surface area (Å²) in [6.07, 6.45) is 3.90. The Morgan fingerprint density at radius 3 is 2.71 bits per heavy atom. The predicted octanol–water partition coefficient (Wildman–Crippen LogP) is 3.48. The molecule has 0 aliphatic carbocycles. The van der Waals surface area contributed by atoms with Crippen molar-refractivity contribution in [1.29, 1.82) is 0 Å². The van der Waals surface area contributed by atoms with Gasteiger partial charge in [-0.15, -0.1) is 11.8 Å². The monoisotopic (exact) mass is 251 g/mol. The maximum Gasteiger partial charge on any atom is 0.338 e. The highest BCUT2D eigenvalue weighted by Gasteiger charge is 2.14. The number of carboxylic acid groups (broad SMARTS) is 1. The molecule has 0 aromatic heterocycles. The van der Waals surface area contributed by atoms with Crippen LogP contribution >= 0.6 is 11.8 Å². The lowest BCUT2D eigenvalue weighted by Crippen LogP contribution is -2.07. The van der Waals surface area contributed by atoms with Gasteiger partial charge in [0.05, 0.1) is 11.3 Å². The summed E-state index contributed by atoms with van der Waals surface area (Å²) in [6, 6.07) is 5.48. The standard InChI is InChI=1S/C13H17NO2S/c1-9(2)7-8-14-10-5-4-6-11(17-3)12(10)13(15)16/h4-7,14H,8H2,1-3H3,(H,15,16). The lowest BCUT2D eigenvalue weighted by Gasteiger charge is -2.11. The van der Waals surface area contributed by atoms with Gasteiger partial charge in [-0.25, -0.2) is 4.79 Å². The fourth-order valence-corrected chi connectivity index (χ4v) is 2.05. The molecule has 0 aliphatic rings. The van der Waals surface area contributed by atoms with Crippen LogP contribution in [0.25, 0.3) is 0 Å². The third kappa shape index (κ3) is 3.82. The quantitative estimate of drug-likeness (QED) is 0.621. The van der Waals surface area contributed by atoms with Crippen molar-refractivity contribution in [2.24, 2.45) is 0 Å². The summed E-state index contributed by atoms with van der Waals surface area (Å²) < 4.78 is 0. The second-order valence-electron chi connectivity index (χ2n) is 3.85. The highest BCUT2D eigenvalue weighted by molar-refractivity contribution is 7.98. The molecule has 3 nitrogen and oxygen atoms in total. The number of anilines is 1. The lowest BCUT2D eigenvalue weighted by atomic mass is 10.1. The zero-order valence-electron chi connectivity index (χ0n) is 10.3. The molecule has 0 amide bonds. The third-order valence-electron chi connectivity index (χ3n) is 2.26. The average Bonchev–Trinajstić information content (AvgIpc) is 2.27. The van der Waals surface area contributed by atoms with Gasteiger partial charge in [0.15, 0.2) is 0 Å². The van der Waals surface area contributed by atoms with E-state index in [2.05, 4.69) is 5.32 Å². The van der Waals surface area contributed by atoms with E-state index in [4.69, 9.17) is 0 Å². The van der Waals surface area contributed by atoms with E-state index in [9.17, 15) is 9.90 Å². The SMILES string of the molecule is CSc1cccc(NCC=C(C)C)c1C(=O)O. The topological polar surface area (TPSA) is 49.3 Å². The van der Waals surface area contributed by atoms with Crippen LogP contribution in [0.4, 0.5) is 5.69 Å². The Balaban J connectivity index is 2.98. The van der Waals surface area contributed by atoms with Gasteiger partial charge in [-0.1, -0.05) is 17.7 Å². The van der Waals surface area contributed by atoms with E-state index in [1.807, 2.05) is 38.3 Å². The van der Waals surface area contributed by atoms with Gasteiger partial charge in [-0.3, -0.25) is 0 Å². The number of hydrogen-bond acceptors (Lipinski definition) is 3. The highest BCUT2D eigenvalue weighted by Crippen LogP contribution is 2.27. The molecular weight excluding hydrogens is 234 g/mol. The molecular formula is C13H17NO2S. The van der Waals surface area contributed by atoms with E-state index in [1.165, 1.54) is 17.3 Å². The number of benzene rings is 1. The maximum absolute atomic E-state index is 11.2. The van der Waals surface area contributed by atoms with Crippen LogP contribution in [0, 0.1) is 0 Å². The Labute approximate surface area is 106 Å². The van der Waals surface area contributed by atoms with E-state index >= 15 is 0 Å². The molecule has 0 unspecified atom stereocenters. The number of thioether (sulfide) groups is 1. The number of rotatable bonds is 5. The summed E-state index contributed by atoms with van der Waals surface area (Å²) in [6.45, 7) is 4.66. The Kier molecular flexibility index (Phi) is 5.10. The molecule has 1 aromatic rings. The minimum Gasteiger partial charge on any atom is -0.478 e. The van der Waals surface area contributed by atoms with Crippen molar-refractivity contribution in [3.8, 4) is 0 Å². The van der Waals surface area contributed by atoms with Gasteiger partial charge in [-0.2, -0.15) is 0 Å². The van der Waals surface area contributed by atoms with Gasteiger partial charge < -0.3 is 10.4 Å². The molecule has 0 bridgehead atoms. The van der Waals surface area contributed by atoms with Gasteiger partial charge in [0, 0.05) is 11.4 Å². The summed E-state index contributed by atoms with van der Waals surface area (Å²) in [5, 5.41) is 12.3. The third-order valence-corrected chi connectivity index (χ3v) is 3.04. The van der Waals surface area contributed by atoms with E-state index < -0.39 is 5.97 Å². The largest absolute Gasteiger partial charge is 0.478 e. The van der Waals surface area contributed by atoms with Crippen LogP contribution in [0.1, 0.15) is 24.2 Å². The van der Waals surface area contributed by atoms with Gasteiger partial charge in [0.25, 0.3) is 0 Å². The van der Waals surface area contributed by atoms with Crippen molar-refractivity contribution < 1.29 is 9.90 Å². The number of nitrogens with one attached hydrogen (secondary N) is 1. The summed E-state index contributed by atoms with van der Waals surface area (Å²) in [4.78, 5) is 12.0. The minimum atomic E-state index is -0.894. The Hall–Kier alpha value is -1.42. The number of carboxylic acids is 1. The molecule has 0 saturated carbocycles. The van der Waals surface area contributed by atoms with Gasteiger partial charge in [0.2, 0.25) is 0 Å². The van der Waals surface area contributed by atoms with Crippen LogP contribution in [0.15, 0.2) is 34.7 Å². The predicted molar refractivity (Wildman–Crippen MR) is 73.1 cm³/mol. The average molecular weight is 251 g/mol. The van der Waals surface area contributed by atoms with E-state index in [-0.39, 0.29) is 0 Å². The Bertz CT molecular complexity index is 437. The summed E-state index contributed by atoms with van der Waals surface area (Å²) >= 11 is 1.44. The van der Waals surface area contributed by atoms with Crippen molar-refractivity contribution in [2.45, 2.75) is 18.7 Å². The fourth-order valence-electron chi connectivity index (χ4n) is 1.43. The molecule has 1 rings (SSSR count). The second kappa shape index (κ2) is 6.35. The van der Waals surface area contributed by atoms with Crippen molar-refractivity contribution in [1.82, 2.24) is 0 Å². The molecule has 0 spiro atoms. The Morgan fingerprint density at radius 1 is 1.47 bits per heavy atom. The zero-order valence-corrected chi connectivity index (χ0v) is 11.1. The summed E-state index contributed by atoms with van der Waals surface area (Å²) in [5.41, 5.74) is 2.22. The number of hydrogen-bond donors (Lipinski definition) is 2. The highest BCUT2D eigenvalue weighted by atomic mass is 32.2. The molecule has 1 aromatic carbocycles. The second-order valence-corrected chi connectivity index (χ2v) is 4.70. The molecule has 17 heavy (non-hydrogen) atoms. The van der Waals surface area contributed by atoms with Crippen molar-refractivity contribution in [3.63, 3.8) is 0 Å². The minimum absolute atomic E-state index is 0.349. The molecule has 2 N–H and O–H groups in total. The number of allylic oxidation sites excluding steroid dienone is 1. The smallest absolute Gasteiger partial charge is 0.338 e. The molecule has 0 fully saturated rings. The lowest BCUT2D eigenvalue weighted by molar-refractivity contribution is 0.0694. The van der Waals surface area contributed by atoms with Gasteiger partial charge >= 0.3 is 5.97 Å². The van der Waals surface area contributed by atoms with Crippen LogP contribution in [0.5, 0.6) is 0 Å². The van der Waals surface area contributed by atoms with Crippen molar-refractivity contribution >= 4 is 23.4 Å². The van der Waals surface area contributed by atoms with Crippen LogP contribution in [0.3, 0.4) is 0 Å². The zero-order chi connectivity index (χ0) is 12.8. The van der Waals surface area contributed by atoms with E-state index in [1.54, 1.807) is 6.07 Å². The molecule has 92 valence electrons. The summed E-state index contributed by atoms with van der Waals surface area (Å²) in [5.74, 6) is -0.894. The number of carbonyl (C=O) groups is 1. The first kappa shape index (κ1) is 13.6. The van der Waals surface area contributed by atoms with Crippen LogP contribution in [0.2, 0.25) is 0 Å². The first-order valence-electron chi connectivity index (χ1n) is 5.33. The van der Waals surface area contributed by atoms with E-state index in [0.29, 0.717) is 17.8 Å². The Morgan fingerprint density at radius 2 is 2.18 bits per heavy atom. The maximum atomic E-state index is 11.2. The molecule has 0 aliphatic heterocycles. The van der Waals surface area contributed by atoms with Crippen LogP contribution in [-0.4, -0.2) is 23.9 Å². The normalized spacial score (nSPS) is 9.82. The van der Waals surface area contributed by atoms with Crippen molar-refractivity contribution in [3.05, 3.63) is 35.4 Å². The van der Waals surface area contributed by atoms with E-state index in [0.717, 1.165) is 4.90 Å². The fraction of sp³-hybridized carbons (Fsp3) is 0.308. The van der Waals surface area contributed by atoms with Crippen molar-refractivity contribution in [2.75, 3.05) is 18.1 Å². The van der Waals surface area contributed by atoms with Crippen LogP contribution in [-0.2, 0) is 0 Å². The molecule has 4 heteroatoms. The molecule has 0 saturated heterocycles. The van der Waals surface area contributed by atoms with Gasteiger partial charge in [0.1, 0.15) is 0 Å². The first-order chi connectivity index (χ1) is 8.06. The van der Waals surface area contributed by atoms with Gasteiger partial charge in [-0.05, 0) is 32.2 Å². The number of aromatic carboxylic acids is 1. The molecule has 0 radical (unpaired) electrons. The molecule has 0 heterocycles. The van der Waals surface area contributed by atoms with Crippen LogP contribution < -0.4 is 5.32 Å². The molecule has 0 atom stereocenters. The summed E-state index contributed by atoms with van der Waals surface area (Å²) in [7, 11) is 0.